The van der Waals surface area contributed by atoms with Gasteiger partial charge < -0.3 is 0 Å². The summed E-state index contributed by atoms with van der Waals surface area (Å²) < 4.78 is 1.94. The molecule has 1 N–H and O–H groups in total. The summed E-state index contributed by atoms with van der Waals surface area (Å²) >= 11 is 7.35. The van der Waals surface area contributed by atoms with E-state index >= 15 is 0 Å². The number of hydrogen-bond donors (Lipinski definition) is 1. The van der Waals surface area contributed by atoms with E-state index in [0.29, 0.717) is 16.0 Å². The highest BCUT2D eigenvalue weighted by Crippen LogP contribution is 2.28. The summed E-state index contributed by atoms with van der Waals surface area (Å²) in [6.45, 7) is 3.89. The third kappa shape index (κ3) is 5.69. The van der Waals surface area contributed by atoms with Gasteiger partial charge in [-0.3, -0.25) is 9.36 Å². The van der Waals surface area contributed by atoms with E-state index in [1.54, 1.807) is 0 Å². The molecule has 6 nitrogen and oxygen atoms in total. The molecule has 33 heavy (non-hydrogen) atoms. The van der Waals surface area contributed by atoms with Crippen LogP contribution in [0.4, 0.5) is 0 Å². The SMILES string of the molecule is C/C(=N\NC(=O)CSc1nnc(-c2ccc(Cl)cc2)n1-c1ccc(C)cc1)c1ccccc1. The maximum absolute atomic E-state index is 12.4. The first-order chi connectivity index (χ1) is 16.0. The molecule has 0 unspecified atom stereocenters. The van der Waals surface area contributed by atoms with Gasteiger partial charge in [0.05, 0.1) is 11.5 Å². The zero-order valence-electron chi connectivity index (χ0n) is 18.2. The molecule has 0 aliphatic rings. The van der Waals surface area contributed by atoms with Crippen molar-refractivity contribution in [3.8, 4) is 17.1 Å². The van der Waals surface area contributed by atoms with Gasteiger partial charge in [0.15, 0.2) is 11.0 Å². The molecule has 4 aromatic rings. The lowest BCUT2D eigenvalue weighted by Gasteiger charge is -2.11. The Morgan fingerprint density at radius 3 is 2.39 bits per heavy atom. The van der Waals surface area contributed by atoms with Crippen LogP contribution in [0.2, 0.25) is 5.02 Å². The number of rotatable bonds is 7. The molecule has 0 aliphatic carbocycles. The first kappa shape index (κ1) is 22.8. The van der Waals surface area contributed by atoms with Gasteiger partial charge in [0.2, 0.25) is 0 Å². The molecule has 166 valence electrons. The zero-order valence-corrected chi connectivity index (χ0v) is 19.8. The molecular weight excluding hydrogens is 454 g/mol. The third-order valence-corrected chi connectivity index (χ3v) is 6.08. The second-order valence-electron chi connectivity index (χ2n) is 7.37. The average molecular weight is 476 g/mol. The number of benzene rings is 3. The fourth-order valence-electron chi connectivity index (χ4n) is 3.13. The van der Waals surface area contributed by atoms with Crippen LogP contribution in [0.1, 0.15) is 18.1 Å². The minimum Gasteiger partial charge on any atom is -0.272 e. The van der Waals surface area contributed by atoms with Gasteiger partial charge in [0.1, 0.15) is 0 Å². The third-order valence-electron chi connectivity index (χ3n) is 4.90. The predicted octanol–water partition coefficient (Wildman–Crippen LogP) is 5.53. The molecular formula is C25H22ClN5OS. The van der Waals surface area contributed by atoms with Crippen molar-refractivity contribution < 1.29 is 4.79 Å². The van der Waals surface area contributed by atoms with E-state index in [1.807, 2.05) is 97.3 Å². The Labute approximate surface area is 201 Å². The molecule has 1 aromatic heterocycles. The van der Waals surface area contributed by atoms with Crippen molar-refractivity contribution in [1.29, 1.82) is 0 Å². The van der Waals surface area contributed by atoms with Crippen molar-refractivity contribution in [1.82, 2.24) is 20.2 Å². The molecule has 1 amide bonds. The molecule has 0 radical (unpaired) electrons. The topological polar surface area (TPSA) is 72.2 Å². The van der Waals surface area contributed by atoms with Gasteiger partial charge in [-0.1, -0.05) is 71.4 Å². The summed E-state index contributed by atoms with van der Waals surface area (Å²) in [6.07, 6.45) is 0. The molecule has 3 aromatic carbocycles. The minimum absolute atomic E-state index is 0.149. The van der Waals surface area contributed by atoms with Crippen LogP contribution in [0.5, 0.6) is 0 Å². The summed E-state index contributed by atoms with van der Waals surface area (Å²) in [5.74, 6) is 0.606. The molecule has 4 rings (SSSR count). The monoisotopic (exact) mass is 475 g/mol. The van der Waals surface area contributed by atoms with Gasteiger partial charge in [-0.15, -0.1) is 10.2 Å². The van der Waals surface area contributed by atoms with E-state index in [-0.39, 0.29) is 11.7 Å². The molecule has 1 heterocycles. The first-order valence-electron chi connectivity index (χ1n) is 10.3. The minimum atomic E-state index is -0.221. The van der Waals surface area contributed by atoms with Crippen molar-refractivity contribution in [3.63, 3.8) is 0 Å². The van der Waals surface area contributed by atoms with Crippen LogP contribution in [0.3, 0.4) is 0 Å². The highest BCUT2D eigenvalue weighted by molar-refractivity contribution is 7.99. The number of nitrogens with one attached hydrogen (secondary N) is 1. The summed E-state index contributed by atoms with van der Waals surface area (Å²) in [7, 11) is 0. The van der Waals surface area contributed by atoms with Crippen molar-refractivity contribution in [2.45, 2.75) is 19.0 Å². The van der Waals surface area contributed by atoms with Crippen LogP contribution in [0, 0.1) is 6.92 Å². The molecule has 0 saturated carbocycles. The molecule has 0 saturated heterocycles. The highest BCUT2D eigenvalue weighted by Gasteiger charge is 2.17. The van der Waals surface area contributed by atoms with Crippen molar-refractivity contribution in [2.24, 2.45) is 5.10 Å². The number of amides is 1. The normalized spacial score (nSPS) is 11.4. The van der Waals surface area contributed by atoms with Gasteiger partial charge in [-0.25, -0.2) is 5.43 Å². The number of hydrazone groups is 1. The van der Waals surface area contributed by atoms with Crippen LogP contribution in [-0.2, 0) is 4.79 Å². The van der Waals surface area contributed by atoms with Crippen LogP contribution in [0.15, 0.2) is 89.1 Å². The van der Waals surface area contributed by atoms with E-state index in [9.17, 15) is 4.79 Å². The number of aryl methyl sites for hydroxylation is 1. The summed E-state index contributed by atoms with van der Waals surface area (Å²) in [5, 5.41) is 14.2. The summed E-state index contributed by atoms with van der Waals surface area (Å²) in [5.41, 5.74) is 7.26. The number of aromatic nitrogens is 3. The molecule has 0 fully saturated rings. The summed E-state index contributed by atoms with van der Waals surface area (Å²) in [6, 6.07) is 25.2. The maximum Gasteiger partial charge on any atom is 0.250 e. The van der Waals surface area contributed by atoms with E-state index in [2.05, 4.69) is 20.7 Å². The Kier molecular flexibility index (Phi) is 7.22. The molecule has 0 aliphatic heterocycles. The number of hydrogen-bond acceptors (Lipinski definition) is 5. The number of carbonyl (C=O) groups excluding carboxylic acids is 1. The lowest BCUT2D eigenvalue weighted by molar-refractivity contribution is -0.118. The molecule has 0 spiro atoms. The summed E-state index contributed by atoms with van der Waals surface area (Å²) in [4.78, 5) is 12.4. The average Bonchev–Trinajstić information content (AvgIpc) is 3.26. The Morgan fingerprint density at radius 1 is 1.00 bits per heavy atom. The van der Waals surface area contributed by atoms with E-state index in [4.69, 9.17) is 11.6 Å². The highest BCUT2D eigenvalue weighted by atomic mass is 35.5. The van der Waals surface area contributed by atoms with Gasteiger partial charge in [0, 0.05) is 16.3 Å². The van der Waals surface area contributed by atoms with E-state index in [0.717, 1.165) is 28.1 Å². The van der Waals surface area contributed by atoms with Crippen LogP contribution in [0.25, 0.3) is 17.1 Å². The quantitative estimate of drug-likeness (QED) is 0.217. The van der Waals surface area contributed by atoms with Crippen LogP contribution in [-0.4, -0.2) is 32.1 Å². The second-order valence-corrected chi connectivity index (χ2v) is 8.75. The molecule has 0 atom stereocenters. The number of carbonyl (C=O) groups is 1. The standard InChI is InChI=1S/C25H22ClN5OS/c1-17-8-14-22(15-9-17)31-24(20-10-12-21(26)13-11-20)29-30-25(31)33-16-23(32)28-27-18(2)19-6-4-3-5-7-19/h3-15H,16H2,1-2H3,(H,28,32)/b27-18+. The van der Waals surface area contributed by atoms with Gasteiger partial charge in [-0.05, 0) is 55.8 Å². The van der Waals surface area contributed by atoms with Crippen molar-refractivity contribution in [2.75, 3.05) is 5.75 Å². The van der Waals surface area contributed by atoms with Crippen molar-refractivity contribution >= 4 is 35.0 Å². The van der Waals surface area contributed by atoms with E-state index < -0.39 is 0 Å². The molecule has 0 bridgehead atoms. The Balaban J connectivity index is 1.54. The maximum atomic E-state index is 12.4. The Morgan fingerprint density at radius 2 is 1.70 bits per heavy atom. The number of halogens is 1. The number of nitrogens with zero attached hydrogens (tertiary/aromatic N) is 4. The lowest BCUT2D eigenvalue weighted by atomic mass is 10.1. The Bertz CT molecular complexity index is 1270. The predicted molar refractivity (Wildman–Crippen MR) is 134 cm³/mol. The smallest absolute Gasteiger partial charge is 0.250 e. The second kappa shape index (κ2) is 10.5. The lowest BCUT2D eigenvalue weighted by Crippen LogP contribution is -2.21. The van der Waals surface area contributed by atoms with Crippen molar-refractivity contribution in [3.05, 3.63) is 95.0 Å². The molecule has 8 heteroatoms. The van der Waals surface area contributed by atoms with Gasteiger partial charge in [-0.2, -0.15) is 5.10 Å². The fourth-order valence-corrected chi connectivity index (χ4v) is 4.00. The fraction of sp³-hybridized carbons (Fsp3) is 0.120. The number of thioether (sulfide) groups is 1. The first-order valence-corrected chi connectivity index (χ1v) is 11.7. The van der Waals surface area contributed by atoms with Crippen LogP contribution < -0.4 is 5.43 Å². The van der Waals surface area contributed by atoms with Gasteiger partial charge in [0.25, 0.3) is 5.91 Å². The van der Waals surface area contributed by atoms with E-state index in [1.165, 1.54) is 11.8 Å². The van der Waals surface area contributed by atoms with Crippen LogP contribution >= 0.6 is 23.4 Å². The van der Waals surface area contributed by atoms with Gasteiger partial charge >= 0.3 is 0 Å². The Hall–Kier alpha value is -3.42. The largest absolute Gasteiger partial charge is 0.272 e. The zero-order chi connectivity index (χ0) is 23.2.